The number of hydrogen-bond acceptors (Lipinski definition) is 4. The lowest BCUT2D eigenvalue weighted by Gasteiger charge is -2.22. The summed E-state index contributed by atoms with van der Waals surface area (Å²) in [6.07, 6.45) is 1.45. The molecule has 3 rings (SSSR count). The van der Waals surface area contributed by atoms with Crippen molar-refractivity contribution in [3.05, 3.63) is 54.2 Å². The molecule has 0 spiro atoms. The van der Waals surface area contributed by atoms with Crippen LogP contribution in [0.4, 0.5) is 0 Å². The number of imidazole rings is 1. The van der Waals surface area contributed by atoms with Crippen molar-refractivity contribution in [3.63, 3.8) is 0 Å². The normalized spacial score (nSPS) is 12.7. The molecule has 0 aliphatic rings. The molecule has 142 valence electrons. The van der Waals surface area contributed by atoms with E-state index < -0.39 is 6.04 Å². The lowest BCUT2D eigenvalue weighted by Crippen LogP contribution is -2.42. The minimum absolute atomic E-state index is 0.114. The molecule has 1 aromatic carbocycles. The lowest BCUT2D eigenvalue weighted by atomic mass is 10.1. The molecule has 0 aliphatic carbocycles. The third-order valence-corrected chi connectivity index (χ3v) is 3.98. The Bertz CT molecular complexity index is 951. The lowest BCUT2D eigenvalue weighted by molar-refractivity contribution is -0.123. The number of amides is 2. The summed E-state index contributed by atoms with van der Waals surface area (Å²) in [5, 5.41) is 5.84. The molecule has 7 heteroatoms. The maximum Gasteiger partial charge on any atom is 0.287 e. The van der Waals surface area contributed by atoms with E-state index in [-0.39, 0.29) is 29.7 Å². The first kappa shape index (κ1) is 18.7. The van der Waals surface area contributed by atoms with Crippen LogP contribution in [0.25, 0.3) is 11.0 Å². The fourth-order valence-corrected chi connectivity index (χ4v) is 2.93. The molecule has 0 saturated carbocycles. The Balaban J connectivity index is 1.89. The number of nitrogens with zero attached hydrogens (tertiary/aromatic N) is 2. The smallest absolute Gasteiger partial charge is 0.287 e. The number of fused-ring (bicyclic) bond motifs is 1. The third kappa shape index (κ3) is 4.36. The highest BCUT2D eigenvalue weighted by molar-refractivity contribution is 5.91. The molecule has 0 aliphatic heterocycles. The van der Waals surface area contributed by atoms with Gasteiger partial charge in [-0.25, -0.2) is 4.98 Å². The molecule has 2 heterocycles. The van der Waals surface area contributed by atoms with Gasteiger partial charge in [-0.1, -0.05) is 12.1 Å². The van der Waals surface area contributed by atoms with Gasteiger partial charge in [0.2, 0.25) is 5.91 Å². The average molecular weight is 368 g/mol. The highest BCUT2D eigenvalue weighted by atomic mass is 16.3. The Morgan fingerprint density at radius 3 is 2.59 bits per heavy atom. The van der Waals surface area contributed by atoms with Crippen molar-refractivity contribution in [2.75, 3.05) is 0 Å². The van der Waals surface area contributed by atoms with Crippen LogP contribution >= 0.6 is 0 Å². The van der Waals surface area contributed by atoms with Gasteiger partial charge < -0.3 is 19.6 Å². The van der Waals surface area contributed by atoms with E-state index in [0.717, 1.165) is 11.0 Å². The molecule has 0 bridgehead atoms. The number of aromatic nitrogens is 2. The van der Waals surface area contributed by atoms with Crippen LogP contribution in [0, 0.1) is 0 Å². The summed E-state index contributed by atoms with van der Waals surface area (Å²) in [5.74, 6) is 0.400. The molecule has 2 N–H and O–H groups in total. The van der Waals surface area contributed by atoms with Gasteiger partial charge in [-0.3, -0.25) is 9.59 Å². The van der Waals surface area contributed by atoms with Crippen molar-refractivity contribution >= 4 is 22.8 Å². The van der Waals surface area contributed by atoms with Gasteiger partial charge in [0.15, 0.2) is 5.76 Å². The van der Waals surface area contributed by atoms with Crippen LogP contribution in [-0.4, -0.2) is 26.9 Å². The Kier molecular flexibility index (Phi) is 5.03. The monoisotopic (exact) mass is 368 g/mol. The zero-order valence-electron chi connectivity index (χ0n) is 15.9. The fraction of sp³-hybridized carbons (Fsp3) is 0.350. The number of nitrogens with one attached hydrogen (secondary N) is 2. The zero-order valence-corrected chi connectivity index (χ0v) is 15.9. The van der Waals surface area contributed by atoms with Gasteiger partial charge in [-0.05, 0) is 52.0 Å². The Labute approximate surface area is 157 Å². The second-order valence-corrected chi connectivity index (χ2v) is 7.52. The summed E-state index contributed by atoms with van der Waals surface area (Å²) >= 11 is 0. The van der Waals surface area contributed by atoms with Crippen LogP contribution < -0.4 is 10.6 Å². The predicted octanol–water partition coefficient (Wildman–Crippen LogP) is 3.04. The fourth-order valence-electron chi connectivity index (χ4n) is 2.93. The summed E-state index contributed by atoms with van der Waals surface area (Å²) in [7, 11) is 0. The number of rotatable bonds is 5. The Morgan fingerprint density at radius 2 is 1.93 bits per heavy atom. The standard InChI is InChI=1S/C20H24N4O3/c1-13(21-19(26)16-10-7-11-27-16)18-22-14-8-5-6-9-15(14)24(18)12-17(25)23-20(2,3)4/h5-11,13H,12H2,1-4H3,(H,21,26)(H,23,25). The molecular weight excluding hydrogens is 344 g/mol. The van der Waals surface area contributed by atoms with Crippen LogP contribution in [0.5, 0.6) is 0 Å². The van der Waals surface area contributed by atoms with Gasteiger partial charge in [0.05, 0.1) is 23.3 Å². The minimum atomic E-state index is -0.405. The molecular formula is C20H24N4O3. The molecule has 0 radical (unpaired) electrons. The van der Waals surface area contributed by atoms with Crippen LogP contribution in [0.15, 0.2) is 47.1 Å². The van der Waals surface area contributed by atoms with Gasteiger partial charge in [0.25, 0.3) is 5.91 Å². The van der Waals surface area contributed by atoms with Crippen LogP contribution in [0.3, 0.4) is 0 Å². The first-order valence-corrected chi connectivity index (χ1v) is 8.85. The third-order valence-electron chi connectivity index (χ3n) is 3.98. The number of benzene rings is 1. The van der Waals surface area contributed by atoms with Gasteiger partial charge in [0.1, 0.15) is 12.4 Å². The van der Waals surface area contributed by atoms with Crippen LogP contribution in [0.2, 0.25) is 0 Å². The predicted molar refractivity (Wildman–Crippen MR) is 102 cm³/mol. The van der Waals surface area contributed by atoms with Crippen LogP contribution in [0.1, 0.15) is 50.1 Å². The highest BCUT2D eigenvalue weighted by Gasteiger charge is 2.22. The van der Waals surface area contributed by atoms with E-state index in [4.69, 9.17) is 4.42 Å². The molecule has 2 amide bonds. The molecule has 0 saturated heterocycles. The topological polar surface area (TPSA) is 89.2 Å². The molecule has 7 nitrogen and oxygen atoms in total. The summed E-state index contributed by atoms with van der Waals surface area (Å²) in [4.78, 5) is 29.4. The first-order chi connectivity index (χ1) is 12.7. The summed E-state index contributed by atoms with van der Waals surface area (Å²) in [6.45, 7) is 7.76. The maximum absolute atomic E-state index is 12.5. The first-order valence-electron chi connectivity index (χ1n) is 8.85. The summed E-state index contributed by atoms with van der Waals surface area (Å²) in [5.41, 5.74) is 1.29. The second kappa shape index (κ2) is 7.26. The van der Waals surface area contributed by atoms with Crippen molar-refractivity contribution in [2.45, 2.75) is 45.8 Å². The van der Waals surface area contributed by atoms with E-state index in [1.807, 2.05) is 56.5 Å². The largest absolute Gasteiger partial charge is 0.459 e. The molecule has 0 fully saturated rings. The average Bonchev–Trinajstić information content (AvgIpc) is 3.21. The van der Waals surface area contributed by atoms with Gasteiger partial charge in [-0.15, -0.1) is 0 Å². The number of carbonyl (C=O) groups is 2. The van der Waals surface area contributed by atoms with E-state index in [1.54, 1.807) is 12.1 Å². The summed E-state index contributed by atoms with van der Waals surface area (Å²) in [6, 6.07) is 10.4. The summed E-state index contributed by atoms with van der Waals surface area (Å²) < 4.78 is 6.97. The SMILES string of the molecule is CC(NC(=O)c1ccco1)c1nc2ccccc2n1CC(=O)NC(C)(C)C. The second-order valence-electron chi connectivity index (χ2n) is 7.52. The van der Waals surface area contributed by atoms with Crippen molar-refractivity contribution in [2.24, 2.45) is 0 Å². The Morgan fingerprint density at radius 1 is 1.19 bits per heavy atom. The van der Waals surface area contributed by atoms with Crippen LogP contribution in [-0.2, 0) is 11.3 Å². The van der Waals surface area contributed by atoms with E-state index >= 15 is 0 Å². The number of furan rings is 1. The van der Waals surface area contributed by atoms with E-state index in [0.29, 0.717) is 5.82 Å². The Hall–Kier alpha value is -3.09. The number of carbonyl (C=O) groups excluding carboxylic acids is 2. The van der Waals surface area contributed by atoms with Gasteiger partial charge >= 0.3 is 0 Å². The molecule has 1 unspecified atom stereocenters. The molecule has 27 heavy (non-hydrogen) atoms. The van der Waals surface area contributed by atoms with Crippen molar-refractivity contribution in [3.8, 4) is 0 Å². The van der Waals surface area contributed by atoms with Crippen molar-refractivity contribution in [1.29, 1.82) is 0 Å². The number of para-hydroxylation sites is 2. The van der Waals surface area contributed by atoms with Gasteiger partial charge in [0, 0.05) is 5.54 Å². The van der Waals surface area contributed by atoms with E-state index in [9.17, 15) is 9.59 Å². The number of hydrogen-bond donors (Lipinski definition) is 2. The van der Waals surface area contributed by atoms with Crippen molar-refractivity contribution < 1.29 is 14.0 Å². The van der Waals surface area contributed by atoms with E-state index in [1.165, 1.54) is 6.26 Å². The molecule has 3 aromatic rings. The highest BCUT2D eigenvalue weighted by Crippen LogP contribution is 2.21. The molecule has 1 atom stereocenters. The zero-order chi connectivity index (χ0) is 19.6. The molecule has 2 aromatic heterocycles. The van der Waals surface area contributed by atoms with Crippen molar-refractivity contribution in [1.82, 2.24) is 20.2 Å². The van der Waals surface area contributed by atoms with Gasteiger partial charge in [-0.2, -0.15) is 0 Å². The quantitative estimate of drug-likeness (QED) is 0.724. The minimum Gasteiger partial charge on any atom is -0.459 e. The van der Waals surface area contributed by atoms with E-state index in [2.05, 4.69) is 15.6 Å². The maximum atomic E-state index is 12.5.